The van der Waals surface area contributed by atoms with E-state index in [0.717, 1.165) is 5.92 Å². The maximum absolute atomic E-state index is 3.97. The van der Waals surface area contributed by atoms with E-state index in [9.17, 15) is 0 Å². The number of nitrogens with zero attached hydrogens (tertiary/aromatic N) is 2. The molecule has 0 aromatic heterocycles. The lowest BCUT2D eigenvalue weighted by molar-refractivity contribution is 0.219. The van der Waals surface area contributed by atoms with Gasteiger partial charge in [-0.05, 0) is 58.3 Å². The van der Waals surface area contributed by atoms with Crippen molar-refractivity contribution in [3.05, 3.63) is 11.6 Å². The first kappa shape index (κ1) is 11.4. The fraction of sp³-hybridized carbons (Fsp3) is 0.750. The number of rotatable bonds is 3. The Morgan fingerprint density at radius 2 is 2.07 bits per heavy atom. The molecule has 1 fully saturated rings. The van der Waals surface area contributed by atoms with Crippen molar-refractivity contribution >= 4 is 6.21 Å². The van der Waals surface area contributed by atoms with Crippen molar-refractivity contribution in [2.75, 3.05) is 27.2 Å². The first-order valence-corrected chi connectivity index (χ1v) is 5.49. The van der Waals surface area contributed by atoms with E-state index in [0.29, 0.717) is 0 Å². The molecule has 0 N–H and O–H groups in total. The number of aliphatic imine (C=N–C) groups is 1. The van der Waals surface area contributed by atoms with Gasteiger partial charge in [-0.15, -0.1) is 0 Å². The Hall–Kier alpha value is -0.630. The summed E-state index contributed by atoms with van der Waals surface area (Å²) in [4.78, 5) is 6.39. The van der Waals surface area contributed by atoms with E-state index in [4.69, 9.17) is 0 Å². The number of hydrogen-bond donors (Lipinski definition) is 0. The Morgan fingerprint density at radius 1 is 1.43 bits per heavy atom. The third kappa shape index (κ3) is 4.05. The smallest absolute Gasteiger partial charge is 0.0277 e. The first-order chi connectivity index (χ1) is 6.72. The van der Waals surface area contributed by atoms with Gasteiger partial charge in [0, 0.05) is 13.3 Å². The average molecular weight is 194 g/mol. The van der Waals surface area contributed by atoms with E-state index < -0.39 is 0 Å². The van der Waals surface area contributed by atoms with Gasteiger partial charge in [0.15, 0.2) is 0 Å². The Labute approximate surface area is 87.7 Å². The average Bonchev–Trinajstić information content (AvgIpc) is 2.18. The molecule has 0 aromatic carbocycles. The molecule has 1 aliphatic heterocycles. The monoisotopic (exact) mass is 194 g/mol. The van der Waals surface area contributed by atoms with Crippen LogP contribution in [0.3, 0.4) is 0 Å². The van der Waals surface area contributed by atoms with Gasteiger partial charge in [0.25, 0.3) is 0 Å². The molecule has 0 bridgehead atoms. The van der Waals surface area contributed by atoms with Gasteiger partial charge in [0.05, 0.1) is 0 Å². The highest BCUT2D eigenvalue weighted by Gasteiger charge is 2.16. The molecule has 0 saturated carbocycles. The van der Waals surface area contributed by atoms with Gasteiger partial charge in [-0.25, -0.2) is 0 Å². The lowest BCUT2D eigenvalue weighted by Crippen LogP contribution is -2.30. The van der Waals surface area contributed by atoms with Gasteiger partial charge in [-0.2, -0.15) is 0 Å². The maximum Gasteiger partial charge on any atom is 0.0277 e. The standard InChI is InChI=1S/C12H22N2/c1-11(4-7-13-2)10-12-5-8-14(3)9-6-12/h4,7,12H,5-6,8-10H2,1-3H3. The molecule has 1 rings (SSSR count). The van der Waals surface area contributed by atoms with Gasteiger partial charge < -0.3 is 4.90 Å². The minimum atomic E-state index is 0.896. The van der Waals surface area contributed by atoms with Crippen molar-refractivity contribution < 1.29 is 0 Å². The molecular formula is C12H22N2. The summed E-state index contributed by atoms with van der Waals surface area (Å²) < 4.78 is 0. The highest BCUT2D eigenvalue weighted by atomic mass is 15.1. The number of allylic oxidation sites excluding steroid dienone is 2. The second-order valence-electron chi connectivity index (χ2n) is 4.37. The summed E-state index contributed by atoms with van der Waals surface area (Å²) in [6.45, 7) is 4.74. The molecule has 14 heavy (non-hydrogen) atoms. The van der Waals surface area contributed by atoms with E-state index in [1.165, 1.54) is 37.9 Å². The van der Waals surface area contributed by atoms with Crippen LogP contribution in [0.5, 0.6) is 0 Å². The van der Waals surface area contributed by atoms with Crippen LogP contribution in [0.2, 0.25) is 0 Å². The molecule has 1 aliphatic rings. The third-order valence-corrected chi connectivity index (χ3v) is 2.96. The van der Waals surface area contributed by atoms with Crippen LogP contribution in [0, 0.1) is 5.92 Å². The minimum Gasteiger partial charge on any atom is -0.306 e. The van der Waals surface area contributed by atoms with E-state index in [-0.39, 0.29) is 0 Å². The highest BCUT2D eigenvalue weighted by Crippen LogP contribution is 2.22. The molecule has 0 aromatic rings. The Bertz CT molecular complexity index is 210. The zero-order valence-corrected chi connectivity index (χ0v) is 9.66. The van der Waals surface area contributed by atoms with Crippen LogP contribution in [0.1, 0.15) is 26.2 Å². The molecule has 0 atom stereocenters. The summed E-state index contributed by atoms with van der Waals surface area (Å²) in [7, 11) is 4.03. The molecule has 0 spiro atoms. The molecule has 2 nitrogen and oxygen atoms in total. The summed E-state index contributed by atoms with van der Waals surface area (Å²) in [5, 5.41) is 0. The molecule has 1 heterocycles. The fourth-order valence-corrected chi connectivity index (χ4v) is 1.99. The van der Waals surface area contributed by atoms with Gasteiger partial charge in [0.1, 0.15) is 0 Å². The summed E-state index contributed by atoms with van der Waals surface area (Å²) in [6.07, 6.45) is 7.98. The molecule has 0 unspecified atom stereocenters. The summed E-state index contributed by atoms with van der Waals surface area (Å²) >= 11 is 0. The van der Waals surface area contributed by atoms with Crippen LogP contribution in [-0.4, -0.2) is 38.3 Å². The fourth-order valence-electron chi connectivity index (χ4n) is 1.99. The SMILES string of the molecule is CN=CC=C(C)CC1CCN(C)CC1. The molecular weight excluding hydrogens is 172 g/mol. The maximum atomic E-state index is 3.97. The van der Waals surface area contributed by atoms with Crippen molar-refractivity contribution in [1.82, 2.24) is 4.90 Å². The molecule has 0 radical (unpaired) electrons. The van der Waals surface area contributed by atoms with Crippen LogP contribution in [0.25, 0.3) is 0 Å². The van der Waals surface area contributed by atoms with Crippen molar-refractivity contribution in [3.63, 3.8) is 0 Å². The van der Waals surface area contributed by atoms with Crippen LogP contribution < -0.4 is 0 Å². The summed E-state index contributed by atoms with van der Waals surface area (Å²) in [6, 6.07) is 0. The number of piperidine rings is 1. The van der Waals surface area contributed by atoms with Crippen molar-refractivity contribution in [2.45, 2.75) is 26.2 Å². The van der Waals surface area contributed by atoms with Crippen LogP contribution >= 0.6 is 0 Å². The predicted octanol–water partition coefficient (Wildman–Crippen LogP) is 2.37. The molecule has 1 saturated heterocycles. The van der Waals surface area contributed by atoms with Gasteiger partial charge in [0.2, 0.25) is 0 Å². The molecule has 0 aliphatic carbocycles. The topological polar surface area (TPSA) is 15.6 Å². The Morgan fingerprint density at radius 3 is 2.64 bits per heavy atom. The summed E-state index contributed by atoms with van der Waals surface area (Å²) in [5.41, 5.74) is 1.46. The number of likely N-dealkylation sites (tertiary alicyclic amines) is 1. The van der Waals surface area contributed by atoms with Crippen LogP contribution in [-0.2, 0) is 0 Å². The quantitative estimate of drug-likeness (QED) is 0.630. The van der Waals surface area contributed by atoms with Gasteiger partial charge >= 0.3 is 0 Å². The van der Waals surface area contributed by atoms with Crippen LogP contribution in [0.4, 0.5) is 0 Å². The highest BCUT2D eigenvalue weighted by molar-refractivity contribution is 5.71. The zero-order valence-electron chi connectivity index (χ0n) is 9.66. The van der Waals surface area contributed by atoms with Crippen molar-refractivity contribution in [2.24, 2.45) is 10.9 Å². The van der Waals surface area contributed by atoms with Crippen LogP contribution in [0.15, 0.2) is 16.6 Å². The van der Waals surface area contributed by atoms with E-state index in [2.05, 4.69) is 29.9 Å². The largest absolute Gasteiger partial charge is 0.306 e. The van der Waals surface area contributed by atoms with Crippen molar-refractivity contribution in [1.29, 1.82) is 0 Å². The second kappa shape index (κ2) is 5.97. The minimum absolute atomic E-state index is 0.896. The second-order valence-corrected chi connectivity index (χ2v) is 4.37. The van der Waals surface area contributed by atoms with E-state index >= 15 is 0 Å². The molecule has 2 heteroatoms. The van der Waals surface area contributed by atoms with Gasteiger partial charge in [-0.3, -0.25) is 4.99 Å². The zero-order chi connectivity index (χ0) is 10.4. The Kier molecular flexibility index (Phi) is 4.88. The third-order valence-electron chi connectivity index (χ3n) is 2.96. The lowest BCUT2D eigenvalue weighted by atomic mass is 9.91. The molecule has 80 valence electrons. The Balaban J connectivity index is 2.30. The number of hydrogen-bond acceptors (Lipinski definition) is 2. The van der Waals surface area contributed by atoms with Crippen molar-refractivity contribution in [3.8, 4) is 0 Å². The predicted molar refractivity (Wildman–Crippen MR) is 63.0 cm³/mol. The first-order valence-electron chi connectivity index (χ1n) is 5.49. The molecule has 0 amide bonds. The summed E-state index contributed by atoms with van der Waals surface area (Å²) in [5.74, 6) is 0.896. The lowest BCUT2D eigenvalue weighted by Gasteiger charge is -2.29. The van der Waals surface area contributed by atoms with E-state index in [1.54, 1.807) is 0 Å². The van der Waals surface area contributed by atoms with Gasteiger partial charge in [-0.1, -0.05) is 5.57 Å². The van der Waals surface area contributed by atoms with E-state index in [1.807, 2.05) is 13.3 Å². The normalized spacial score (nSPS) is 22.1.